The van der Waals surface area contributed by atoms with Gasteiger partial charge < -0.3 is 19.7 Å². The maximum Gasteiger partial charge on any atom is 0.129 e. The molecule has 3 aliphatic heterocycles. The van der Waals surface area contributed by atoms with E-state index in [1.54, 1.807) is 14.2 Å². The van der Waals surface area contributed by atoms with Crippen molar-refractivity contribution in [3.8, 4) is 11.5 Å². The number of aliphatic imine (C=N–C) groups is 1. The molecule has 2 unspecified atom stereocenters. The molecule has 3 aliphatic rings. The number of piperidine rings is 1. The maximum absolute atomic E-state index is 5.38. The van der Waals surface area contributed by atoms with E-state index in [0.717, 1.165) is 29.4 Å². The third kappa shape index (κ3) is 2.47. The molecule has 2 atom stereocenters. The summed E-state index contributed by atoms with van der Waals surface area (Å²) in [5.41, 5.74) is 1.19. The summed E-state index contributed by atoms with van der Waals surface area (Å²) in [5, 5.41) is 3.76. The highest BCUT2D eigenvalue weighted by atomic mass is 16.5. The van der Waals surface area contributed by atoms with Crippen molar-refractivity contribution in [3.05, 3.63) is 23.8 Å². The van der Waals surface area contributed by atoms with Crippen LogP contribution in [0.15, 0.2) is 23.2 Å². The van der Waals surface area contributed by atoms with Gasteiger partial charge in [0.2, 0.25) is 0 Å². The first kappa shape index (κ1) is 14.8. The molecule has 2 saturated heterocycles. The Hall–Kier alpha value is -1.75. The van der Waals surface area contributed by atoms with Crippen LogP contribution in [0.25, 0.3) is 0 Å². The Morgan fingerprint density at radius 1 is 1.09 bits per heavy atom. The topological polar surface area (TPSA) is 46.1 Å². The second-order valence-corrected chi connectivity index (χ2v) is 7.13. The molecule has 0 amide bonds. The SMILES string of the molecule is COc1cc(OC)cc(C2=NCC3(CC4CCC(C3)N4C)N2)c1. The molecule has 5 nitrogen and oxygen atoms in total. The van der Waals surface area contributed by atoms with Crippen LogP contribution in [0.2, 0.25) is 0 Å². The van der Waals surface area contributed by atoms with Crippen LogP contribution in [0.1, 0.15) is 31.2 Å². The molecule has 1 spiro atoms. The molecule has 4 rings (SSSR count). The summed E-state index contributed by atoms with van der Waals surface area (Å²) in [5.74, 6) is 2.58. The number of nitrogens with one attached hydrogen (secondary N) is 1. The molecule has 23 heavy (non-hydrogen) atoms. The van der Waals surface area contributed by atoms with E-state index >= 15 is 0 Å². The molecule has 0 radical (unpaired) electrons. The van der Waals surface area contributed by atoms with Gasteiger partial charge in [-0.3, -0.25) is 4.99 Å². The third-order valence-corrected chi connectivity index (χ3v) is 5.79. The molecule has 0 aromatic heterocycles. The lowest BCUT2D eigenvalue weighted by Gasteiger charge is -2.43. The molecule has 0 saturated carbocycles. The molecule has 1 aromatic carbocycles. The predicted octanol–water partition coefficient (Wildman–Crippen LogP) is 2.05. The number of benzene rings is 1. The average Bonchev–Trinajstić information content (AvgIpc) is 3.06. The maximum atomic E-state index is 5.38. The smallest absolute Gasteiger partial charge is 0.129 e. The zero-order chi connectivity index (χ0) is 16.0. The first-order chi connectivity index (χ1) is 11.1. The predicted molar refractivity (Wildman–Crippen MR) is 90.6 cm³/mol. The van der Waals surface area contributed by atoms with Crippen LogP contribution in [0.3, 0.4) is 0 Å². The van der Waals surface area contributed by atoms with Crippen molar-refractivity contribution < 1.29 is 9.47 Å². The minimum atomic E-state index is 0.143. The van der Waals surface area contributed by atoms with E-state index in [9.17, 15) is 0 Å². The van der Waals surface area contributed by atoms with Gasteiger partial charge in [0, 0.05) is 23.7 Å². The van der Waals surface area contributed by atoms with Crippen molar-refractivity contribution in [1.82, 2.24) is 10.2 Å². The lowest BCUT2D eigenvalue weighted by atomic mass is 9.83. The number of rotatable bonds is 3. The van der Waals surface area contributed by atoms with E-state index in [-0.39, 0.29) is 5.54 Å². The normalized spacial score (nSPS) is 32.7. The lowest BCUT2D eigenvalue weighted by Crippen LogP contribution is -2.57. The van der Waals surface area contributed by atoms with Gasteiger partial charge in [-0.2, -0.15) is 0 Å². The van der Waals surface area contributed by atoms with Crippen LogP contribution in [0.4, 0.5) is 0 Å². The van der Waals surface area contributed by atoms with Gasteiger partial charge in [-0.1, -0.05) is 0 Å². The molecule has 1 aromatic rings. The van der Waals surface area contributed by atoms with Crippen molar-refractivity contribution in [2.75, 3.05) is 27.8 Å². The standard InChI is InChI=1S/C18H25N3O2/c1-21-13-4-5-14(21)10-18(9-13)11-19-17(20-18)12-6-15(22-2)8-16(7-12)23-3/h6-8,13-14H,4-5,9-11H2,1-3H3,(H,19,20). The molecular formula is C18H25N3O2. The highest BCUT2D eigenvalue weighted by Crippen LogP contribution is 2.41. The Kier molecular flexibility index (Phi) is 3.48. The third-order valence-electron chi connectivity index (χ3n) is 5.79. The van der Waals surface area contributed by atoms with Crippen molar-refractivity contribution >= 4 is 5.84 Å². The molecular weight excluding hydrogens is 290 g/mol. The molecule has 2 bridgehead atoms. The Balaban J connectivity index is 1.57. The van der Waals surface area contributed by atoms with Crippen molar-refractivity contribution in [3.63, 3.8) is 0 Å². The van der Waals surface area contributed by atoms with Crippen molar-refractivity contribution in [1.29, 1.82) is 0 Å². The highest BCUT2D eigenvalue weighted by molar-refractivity contribution is 6.01. The lowest BCUT2D eigenvalue weighted by molar-refractivity contribution is 0.111. The molecule has 124 valence electrons. The molecule has 5 heteroatoms. The molecule has 0 aliphatic carbocycles. The Labute approximate surface area is 137 Å². The zero-order valence-electron chi connectivity index (χ0n) is 14.1. The summed E-state index contributed by atoms with van der Waals surface area (Å²) in [6.07, 6.45) is 5.03. The number of ether oxygens (including phenoxy) is 2. The van der Waals surface area contributed by atoms with Gasteiger partial charge in [0.15, 0.2) is 0 Å². The fourth-order valence-electron chi connectivity index (χ4n) is 4.47. The van der Waals surface area contributed by atoms with Gasteiger partial charge in [-0.05, 0) is 44.9 Å². The fraction of sp³-hybridized carbons (Fsp3) is 0.611. The van der Waals surface area contributed by atoms with E-state index in [0.29, 0.717) is 12.1 Å². The number of fused-ring (bicyclic) bond motifs is 2. The minimum Gasteiger partial charge on any atom is -0.497 e. The number of hydrogen-bond donors (Lipinski definition) is 1. The largest absolute Gasteiger partial charge is 0.497 e. The van der Waals surface area contributed by atoms with Crippen molar-refractivity contribution in [2.45, 2.75) is 43.3 Å². The van der Waals surface area contributed by atoms with E-state index in [1.165, 1.54) is 25.7 Å². The average molecular weight is 315 g/mol. The van der Waals surface area contributed by atoms with E-state index < -0.39 is 0 Å². The number of nitrogens with zero attached hydrogens (tertiary/aromatic N) is 2. The molecule has 2 fully saturated rings. The fourth-order valence-corrected chi connectivity index (χ4v) is 4.47. The summed E-state index contributed by atoms with van der Waals surface area (Å²) in [6.45, 7) is 0.878. The van der Waals surface area contributed by atoms with Crippen LogP contribution in [0.5, 0.6) is 11.5 Å². The van der Waals surface area contributed by atoms with E-state index in [2.05, 4.69) is 17.3 Å². The van der Waals surface area contributed by atoms with Gasteiger partial charge in [0.25, 0.3) is 0 Å². The zero-order valence-corrected chi connectivity index (χ0v) is 14.1. The summed E-state index contributed by atoms with van der Waals surface area (Å²) < 4.78 is 10.8. The second-order valence-electron chi connectivity index (χ2n) is 7.13. The molecule has 3 heterocycles. The number of methoxy groups -OCH3 is 2. The summed E-state index contributed by atoms with van der Waals surface area (Å²) in [6, 6.07) is 7.35. The number of amidine groups is 1. The highest BCUT2D eigenvalue weighted by Gasteiger charge is 2.49. The van der Waals surface area contributed by atoms with E-state index in [4.69, 9.17) is 14.5 Å². The Morgan fingerprint density at radius 2 is 1.70 bits per heavy atom. The Bertz CT molecular complexity index is 607. The van der Waals surface area contributed by atoms with Gasteiger partial charge >= 0.3 is 0 Å². The van der Waals surface area contributed by atoms with Crippen LogP contribution >= 0.6 is 0 Å². The first-order valence-electron chi connectivity index (χ1n) is 8.40. The van der Waals surface area contributed by atoms with Crippen molar-refractivity contribution in [2.24, 2.45) is 4.99 Å². The summed E-state index contributed by atoms with van der Waals surface area (Å²) >= 11 is 0. The van der Waals surface area contributed by atoms with Gasteiger partial charge in [-0.15, -0.1) is 0 Å². The molecule has 1 N–H and O–H groups in total. The Morgan fingerprint density at radius 3 is 2.26 bits per heavy atom. The van der Waals surface area contributed by atoms with Gasteiger partial charge in [0.05, 0.1) is 26.3 Å². The van der Waals surface area contributed by atoms with Crippen LogP contribution in [-0.4, -0.2) is 56.2 Å². The number of hydrogen-bond acceptors (Lipinski definition) is 5. The van der Waals surface area contributed by atoms with Crippen LogP contribution in [-0.2, 0) is 0 Å². The van der Waals surface area contributed by atoms with Gasteiger partial charge in [-0.25, -0.2) is 0 Å². The summed E-state index contributed by atoms with van der Waals surface area (Å²) in [4.78, 5) is 7.40. The van der Waals surface area contributed by atoms with Gasteiger partial charge in [0.1, 0.15) is 17.3 Å². The summed E-state index contributed by atoms with van der Waals surface area (Å²) in [7, 11) is 5.63. The second kappa shape index (κ2) is 5.41. The monoisotopic (exact) mass is 315 g/mol. The quantitative estimate of drug-likeness (QED) is 0.927. The van der Waals surface area contributed by atoms with Crippen LogP contribution in [0, 0.1) is 0 Å². The van der Waals surface area contributed by atoms with Crippen LogP contribution < -0.4 is 14.8 Å². The minimum absolute atomic E-state index is 0.143. The first-order valence-corrected chi connectivity index (χ1v) is 8.40. The van der Waals surface area contributed by atoms with E-state index in [1.807, 2.05) is 18.2 Å².